The summed E-state index contributed by atoms with van der Waals surface area (Å²) >= 11 is 1.48. The molecule has 2 heterocycles. The van der Waals surface area contributed by atoms with Crippen LogP contribution in [-0.4, -0.2) is 59.7 Å². The van der Waals surface area contributed by atoms with Crippen LogP contribution in [0.1, 0.15) is 20.3 Å². The van der Waals surface area contributed by atoms with Crippen LogP contribution in [0.4, 0.5) is 0 Å². The third-order valence-corrected chi connectivity index (χ3v) is 5.29. The van der Waals surface area contributed by atoms with Crippen molar-refractivity contribution in [3.05, 3.63) is 36.2 Å². The van der Waals surface area contributed by atoms with Gasteiger partial charge in [0.05, 0.1) is 11.8 Å². The lowest BCUT2D eigenvalue weighted by molar-refractivity contribution is -0.125. The Bertz CT molecular complexity index is 621. The van der Waals surface area contributed by atoms with Crippen molar-refractivity contribution in [1.29, 1.82) is 0 Å². The predicted octanol–water partition coefficient (Wildman–Crippen LogP) is 1.44. The predicted molar refractivity (Wildman–Crippen MR) is 100 cm³/mol. The molecule has 1 saturated heterocycles. The normalized spacial score (nSPS) is 21.2. The van der Waals surface area contributed by atoms with E-state index in [4.69, 9.17) is 0 Å². The highest BCUT2D eigenvalue weighted by Crippen LogP contribution is 2.20. The van der Waals surface area contributed by atoms with E-state index >= 15 is 0 Å². The molecule has 0 saturated carbocycles. The molecule has 25 heavy (non-hydrogen) atoms. The van der Waals surface area contributed by atoms with Gasteiger partial charge in [-0.1, -0.05) is 11.6 Å². The van der Waals surface area contributed by atoms with Gasteiger partial charge in [-0.15, -0.1) is 11.8 Å². The van der Waals surface area contributed by atoms with E-state index in [1.165, 1.54) is 17.3 Å². The van der Waals surface area contributed by atoms with Crippen molar-refractivity contribution in [3.63, 3.8) is 0 Å². The first kappa shape index (κ1) is 19.5. The molecule has 0 bridgehead atoms. The van der Waals surface area contributed by atoms with Gasteiger partial charge >= 0.3 is 0 Å². The number of hydrogen-bond acceptors (Lipinski definition) is 5. The van der Waals surface area contributed by atoms with E-state index in [-0.39, 0.29) is 23.9 Å². The topological polar surface area (TPSA) is 74.3 Å². The Morgan fingerprint density at radius 1 is 1.40 bits per heavy atom. The third-order valence-electron chi connectivity index (χ3n) is 4.28. The maximum Gasteiger partial charge on any atom is 0.237 e. The van der Waals surface area contributed by atoms with E-state index in [0.717, 1.165) is 11.4 Å². The van der Waals surface area contributed by atoms with E-state index in [0.29, 0.717) is 18.7 Å². The molecule has 0 spiro atoms. The number of thioether (sulfide) groups is 1. The molecule has 0 unspecified atom stereocenters. The quantitative estimate of drug-likeness (QED) is 0.567. The van der Waals surface area contributed by atoms with Crippen molar-refractivity contribution in [2.75, 3.05) is 25.9 Å². The van der Waals surface area contributed by atoms with E-state index in [1.54, 1.807) is 19.4 Å². The molecule has 0 radical (unpaired) electrons. The van der Waals surface area contributed by atoms with E-state index in [2.05, 4.69) is 33.5 Å². The maximum absolute atomic E-state index is 12.2. The molecule has 1 aromatic heterocycles. The van der Waals surface area contributed by atoms with Gasteiger partial charge in [0.1, 0.15) is 0 Å². The second kappa shape index (κ2) is 9.58. The van der Waals surface area contributed by atoms with Crippen LogP contribution >= 0.6 is 11.8 Å². The molecule has 2 amide bonds. The fraction of sp³-hybridized carbons (Fsp3) is 0.500. The molecule has 0 aliphatic carbocycles. The zero-order valence-corrected chi connectivity index (χ0v) is 15.8. The van der Waals surface area contributed by atoms with Crippen molar-refractivity contribution < 1.29 is 9.59 Å². The number of carbonyl (C=O) groups is 2. The molecule has 136 valence electrons. The van der Waals surface area contributed by atoms with E-state index in [1.807, 2.05) is 19.1 Å². The minimum Gasteiger partial charge on any atom is -0.358 e. The van der Waals surface area contributed by atoms with Gasteiger partial charge in [-0.25, -0.2) is 0 Å². The van der Waals surface area contributed by atoms with Crippen molar-refractivity contribution in [2.24, 2.45) is 0 Å². The summed E-state index contributed by atoms with van der Waals surface area (Å²) in [6.07, 6.45) is 6.12. The first-order chi connectivity index (χ1) is 12.0. The van der Waals surface area contributed by atoms with Crippen LogP contribution in [0.5, 0.6) is 0 Å². The molecule has 1 fully saturated rings. The van der Waals surface area contributed by atoms with Gasteiger partial charge < -0.3 is 10.6 Å². The van der Waals surface area contributed by atoms with Crippen LogP contribution in [0.3, 0.4) is 0 Å². The number of hydrogen-bond donors (Lipinski definition) is 2. The van der Waals surface area contributed by atoms with Crippen LogP contribution in [0.2, 0.25) is 0 Å². The lowest BCUT2D eigenvalue weighted by Gasteiger charge is -2.23. The summed E-state index contributed by atoms with van der Waals surface area (Å²) in [6.45, 7) is 5.48. The average molecular weight is 362 g/mol. The Balaban J connectivity index is 1.88. The van der Waals surface area contributed by atoms with E-state index in [9.17, 15) is 9.59 Å². The summed E-state index contributed by atoms with van der Waals surface area (Å²) < 4.78 is 0. The fourth-order valence-electron chi connectivity index (χ4n) is 2.89. The minimum atomic E-state index is -0.196. The molecular formula is C18H26N4O2S. The van der Waals surface area contributed by atoms with Crippen LogP contribution in [-0.2, 0) is 9.59 Å². The van der Waals surface area contributed by atoms with Crippen LogP contribution in [0.15, 0.2) is 41.1 Å². The van der Waals surface area contributed by atoms with Crippen LogP contribution in [0.25, 0.3) is 0 Å². The van der Waals surface area contributed by atoms with Gasteiger partial charge in [-0.3, -0.25) is 19.5 Å². The van der Waals surface area contributed by atoms with Crippen LogP contribution < -0.4 is 10.6 Å². The number of amides is 2. The Kier molecular flexibility index (Phi) is 7.46. The first-order valence-electron chi connectivity index (χ1n) is 8.43. The van der Waals surface area contributed by atoms with Gasteiger partial charge in [0.15, 0.2) is 0 Å². The largest absolute Gasteiger partial charge is 0.358 e. The number of carbonyl (C=O) groups excluding carboxylic acids is 2. The maximum atomic E-state index is 12.2. The van der Waals surface area contributed by atoms with E-state index < -0.39 is 0 Å². The SMILES string of the molecule is C/C=C(\C)CN1C[C@H](NC(=O)CSc2ccncc2)C[C@H]1C(=O)NC. The lowest BCUT2D eigenvalue weighted by Crippen LogP contribution is -2.42. The minimum absolute atomic E-state index is 0.00232. The lowest BCUT2D eigenvalue weighted by atomic mass is 10.1. The molecule has 1 aliphatic heterocycles. The molecule has 2 N–H and O–H groups in total. The van der Waals surface area contributed by atoms with Crippen molar-refractivity contribution in [1.82, 2.24) is 20.5 Å². The zero-order valence-electron chi connectivity index (χ0n) is 15.0. The van der Waals surface area contributed by atoms with Crippen molar-refractivity contribution in [2.45, 2.75) is 37.2 Å². The molecule has 2 rings (SSSR count). The van der Waals surface area contributed by atoms with Gasteiger partial charge in [-0.2, -0.15) is 0 Å². The number of nitrogens with one attached hydrogen (secondary N) is 2. The summed E-state index contributed by atoms with van der Waals surface area (Å²) in [5.74, 6) is 0.359. The summed E-state index contributed by atoms with van der Waals surface area (Å²) in [4.78, 5) is 31.5. The molecule has 2 atom stereocenters. The summed E-state index contributed by atoms with van der Waals surface area (Å²) in [7, 11) is 1.65. The molecule has 7 heteroatoms. The highest BCUT2D eigenvalue weighted by atomic mass is 32.2. The second-order valence-corrected chi connectivity index (χ2v) is 7.22. The Hall–Kier alpha value is -1.86. The Labute approximate surface area is 153 Å². The smallest absolute Gasteiger partial charge is 0.237 e. The average Bonchev–Trinajstić information content (AvgIpc) is 3.02. The fourth-order valence-corrected chi connectivity index (χ4v) is 3.58. The first-order valence-corrected chi connectivity index (χ1v) is 9.41. The number of likely N-dealkylation sites (N-methyl/N-ethyl adjacent to an activating group) is 1. The van der Waals surface area contributed by atoms with Gasteiger partial charge in [-0.05, 0) is 32.4 Å². The highest BCUT2D eigenvalue weighted by molar-refractivity contribution is 8.00. The Morgan fingerprint density at radius 3 is 2.76 bits per heavy atom. The third kappa shape index (κ3) is 5.86. The highest BCUT2D eigenvalue weighted by Gasteiger charge is 2.36. The summed E-state index contributed by atoms with van der Waals surface area (Å²) in [5, 5.41) is 5.79. The van der Waals surface area contributed by atoms with Gasteiger partial charge in [0.2, 0.25) is 11.8 Å². The van der Waals surface area contributed by atoms with Gasteiger partial charge in [0.25, 0.3) is 0 Å². The Morgan fingerprint density at radius 2 is 2.12 bits per heavy atom. The number of pyridine rings is 1. The number of nitrogens with zero attached hydrogens (tertiary/aromatic N) is 2. The molecule has 1 aromatic rings. The molecule has 0 aromatic carbocycles. The number of likely N-dealkylation sites (tertiary alicyclic amines) is 1. The van der Waals surface area contributed by atoms with Gasteiger partial charge in [0, 0.05) is 43.5 Å². The summed E-state index contributed by atoms with van der Waals surface area (Å²) in [5.41, 5.74) is 1.22. The molecule has 6 nitrogen and oxygen atoms in total. The second-order valence-electron chi connectivity index (χ2n) is 6.17. The number of allylic oxidation sites excluding steroid dienone is 1. The molecular weight excluding hydrogens is 336 g/mol. The standard InChI is InChI=1S/C18H26N4O2S/c1-4-13(2)10-22-11-14(9-16(22)18(24)19-3)21-17(23)12-25-15-5-7-20-8-6-15/h4-8,14,16H,9-12H2,1-3H3,(H,19,24)(H,21,23)/b13-4+/t14-,16+/m1/s1. The monoisotopic (exact) mass is 362 g/mol. The number of aromatic nitrogens is 1. The zero-order chi connectivity index (χ0) is 18.2. The van der Waals surface area contributed by atoms with Crippen molar-refractivity contribution in [3.8, 4) is 0 Å². The van der Waals surface area contributed by atoms with Crippen LogP contribution in [0, 0.1) is 0 Å². The van der Waals surface area contributed by atoms with Crippen molar-refractivity contribution >= 4 is 23.6 Å². The summed E-state index contributed by atoms with van der Waals surface area (Å²) in [6, 6.07) is 3.57. The molecule has 1 aliphatic rings. The number of rotatable bonds is 7.